The molecule has 0 radical (unpaired) electrons. The molecule has 0 aromatic rings. The zero-order valence-corrected chi connectivity index (χ0v) is 12.6. The van der Waals surface area contributed by atoms with E-state index in [1.54, 1.807) is 6.92 Å². The van der Waals surface area contributed by atoms with Crippen LogP contribution in [-0.2, 0) is 19.3 Å². The maximum absolute atomic E-state index is 9.16. The van der Waals surface area contributed by atoms with Gasteiger partial charge < -0.3 is 14.2 Å². The molecule has 1 atom stereocenters. The largest absolute Gasteiger partial charge is 1.00 e. The van der Waals surface area contributed by atoms with Crippen molar-refractivity contribution >= 4 is 19.3 Å². The van der Waals surface area contributed by atoms with E-state index in [9.17, 15) is 0 Å². The third-order valence-corrected chi connectivity index (χ3v) is 1.50. The second-order valence-electron chi connectivity index (χ2n) is 0.929. The van der Waals surface area contributed by atoms with Crippen molar-refractivity contribution in [3.05, 3.63) is 0 Å². The van der Waals surface area contributed by atoms with Crippen LogP contribution in [0.4, 0.5) is 0 Å². The van der Waals surface area contributed by atoms with Crippen LogP contribution in [0, 0.1) is 0 Å². The standard InChI is InChI=1S/C2H6O.2Na.H2O5S2/c1-2-3;;;1-6(2)7(3,4)5/h3H,2H2,1H3;;;(H,1,2)(H,3,4,5)/q;2*+1;/p-2. The summed E-state index contributed by atoms with van der Waals surface area (Å²) in [6, 6.07) is 0. The minimum Gasteiger partial charge on any atom is -0.761 e. The number of hydrogen-bond acceptors (Lipinski definition) is 6. The van der Waals surface area contributed by atoms with E-state index in [0.717, 1.165) is 0 Å². The van der Waals surface area contributed by atoms with E-state index in [4.69, 9.17) is 26.8 Å². The van der Waals surface area contributed by atoms with Gasteiger partial charge in [-0.3, -0.25) is 4.21 Å². The molecule has 0 aromatic carbocycles. The first-order valence-corrected chi connectivity index (χ1v) is 5.02. The van der Waals surface area contributed by atoms with Crippen molar-refractivity contribution in [2.24, 2.45) is 0 Å². The average Bonchev–Trinajstić information content (AvgIpc) is 1.64. The van der Waals surface area contributed by atoms with Crippen LogP contribution < -0.4 is 59.1 Å². The molecule has 0 saturated carbocycles. The summed E-state index contributed by atoms with van der Waals surface area (Å²) in [5.41, 5.74) is 0. The van der Waals surface area contributed by atoms with Gasteiger partial charge in [-0.2, -0.15) is 0 Å². The molecule has 0 amide bonds. The number of aliphatic hydroxyl groups is 1. The summed E-state index contributed by atoms with van der Waals surface area (Å²) in [7, 11) is -8.59. The summed E-state index contributed by atoms with van der Waals surface area (Å²) >= 11 is 0. The Kier molecular flexibility index (Phi) is 25.6. The molecular weight excluding hydrogens is 230 g/mol. The molecule has 6 nitrogen and oxygen atoms in total. The maximum atomic E-state index is 9.16. The smallest absolute Gasteiger partial charge is 0.761 e. The maximum Gasteiger partial charge on any atom is 1.00 e. The van der Waals surface area contributed by atoms with Crippen molar-refractivity contribution in [3.8, 4) is 0 Å². The summed E-state index contributed by atoms with van der Waals surface area (Å²) in [5, 5.41) is 7.57. The fraction of sp³-hybridized carbons (Fsp3) is 1.00. The predicted octanol–water partition coefficient (Wildman–Crippen LogP) is -7.67. The van der Waals surface area contributed by atoms with Crippen molar-refractivity contribution in [1.82, 2.24) is 0 Å². The van der Waals surface area contributed by atoms with Gasteiger partial charge in [0.15, 0.2) is 9.15 Å². The van der Waals surface area contributed by atoms with Crippen molar-refractivity contribution < 1.29 is 86.0 Å². The molecule has 12 heavy (non-hydrogen) atoms. The van der Waals surface area contributed by atoms with Crippen LogP contribution in [0.2, 0.25) is 0 Å². The van der Waals surface area contributed by atoms with Gasteiger partial charge in [0.2, 0.25) is 0 Å². The molecule has 1 N–H and O–H groups in total. The SMILES string of the molecule is CCO.O=S([O-])S(=O)(=O)[O-].[Na+].[Na+]. The van der Waals surface area contributed by atoms with Gasteiger partial charge in [-0.15, -0.1) is 0 Å². The predicted molar refractivity (Wildman–Crippen MR) is 31.4 cm³/mol. The minimum absolute atomic E-state index is 0. The van der Waals surface area contributed by atoms with Crippen LogP contribution in [0.15, 0.2) is 0 Å². The fourth-order valence-electron chi connectivity index (χ4n) is 0. The first-order valence-electron chi connectivity index (χ1n) is 2.02. The van der Waals surface area contributed by atoms with Gasteiger partial charge in [-0.25, -0.2) is 8.42 Å². The second-order valence-corrected chi connectivity index (χ2v) is 4.19. The van der Waals surface area contributed by atoms with Crippen LogP contribution >= 0.6 is 0 Å². The van der Waals surface area contributed by atoms with Crippen molar-refractivity contribution in [1.29, 1.82) is 0 Å². The van der Waals surface area contributed by atoms with Crippen molar-refractivity contribution in [3.63, 3.8) is 0 Å². The molecule has 0 fully saturated rings. The molecule has 0 bridgehead atoms. The number of hydrogen-bond donors (Lipinski definition) is 1. The van der Waals surface area contributed by atoms with E-state index < -0.39 is 19.3 Å². The van der Waals surface area contributed by atoms with E-state index in [2.05, 4.69) is 0 Å². The van der Waals surface area contributed by atoms with Gasteiger partial charge in [0.25, 0.3) is 0 Å². The molecule has 0 aliphatic heterocycles. The Hall–Kier alpha value is 1.98. The van der Waals surface area contributed by atoms with E-state index in [-0.39, 0.29) is 65.7 Å². The molecule has 64 valence electrons. The van der Waals surface area contributed by atoms with Crippen LogP contribution in [0.1, 0.15) is 6.92 Å². The van der Waals surface area contributed by atoms with Crippen LogP contribution in [0.5, 0.6) is 0 Å². The molecule has 1 unspecified atom stereocenters. The molecule has 0 aliphatic rings. The Morgan fingerprint density at radius 1 is 1.42 bits per heavy atom. The number of aliphatic hydroxyl groups excluding tert-OH is 1. The van der Waals surface area contributed by atoms with Crippen molar-refractivity contribution in [2.75, 3.05) is 6.61 Å². The molecule has 0 spiro atoms. The molecule has 0 rings (SSSR count). The zero-order valence-electron chi connectivity index (χ0n) is 7.01. The van der Waals surface area contributed by atoms with Gasteiger partial charge in [0, 0.05) is 6.61 Å². The third kappa shape index (κ3) is 22.7. The zero-order chi connectivity index (χ0) is 8.78. The normalized spacial score (nSPS) is 11.0. The van der Waals surface area contributed by atoms with Gasteiger partial charge in [-0.05, 0) is 6.92 Å². The second kappa shape index (κ2) is 13.0. The summed E-state index contributed by atoms with van der Waals surface area (Å²) in [5.74, 6) is 0. The first kappa shape index (κ1) is 23.6. The summed E-state index contributed by atoms with van der Waals surface area (Å²) in [6.45, 7) is 1.93. The molecule has 10 heteroatoms. The first-order chi connectivity index (χ1) is 4.36. The molecule has 0 heterocycles. The molecular formula is C2H6Na2O6S2. The fourth-order valence-corrected chi connectivity index (χ4v) is 0. The quantitative estimate of drug-likeness (QED) is 0.209. The Bertz CT molecular complexity index is 188. The monoisotopic (exact) mass is 236 g/mol. The summed E-state index contributed by atoms with van der Waals surface area (Å²) in [4.78, 5) is 0. The van der Waals surface area contributed by atoms with E-state index in [0.29, 0.717) is 0 Å². The molecule has 0 saturated heterocycles. The summed E-state index contributed by atoms with van der Waals surface area (Å²) in [6.07, 6.45) is 0. The van der Waals surface area contributed by atoms with Crippen LogP contribution in [0.25, 0.3) is 0 Å². The Morgan fingerprint density at radius 2 is 1.50 bits per heavy atom. The molecule has 0 aromatic heterocycles. The Balaban J connectivity index is -0.0000000569. The third-order valence-electron chi connectivity index (χ3n) is 0.167. The van der Waals surface area contributed by atoms with E-state index >= 15 is 0 Å². The van der Waals surface area contributed by atoms with E-state index in [1.807, 2.05) is 0 Å². The van der Waals surface area contributed by atoms with Crippen LogP contribution in [0.3, 0.4) is 0 Å². The van der Waals surface area contributed by atoms with Gasteiger partial charge in [0.05, 0.1) is 10.1 Å². The van der Waals surface area contributed by atoms with Gasteiger partial charge in [-0.1, -0.05) is 0 Å². The Morgan fingerprint density at radius 3 is 1.50 bits per heavy atom. The van der Waals surface area contributed by atoms with Gasteiger partial charge >= 0.3 is 59.1 Å². The van der Waals surface area contributed by atoms with E-state index in [1.165, 1.54) is 0 Å². The van der Waals surface area contributed by atoms with Crippen LogP contribution in [-0.4, -0.2) is 33.4 Å². The minimum atomic E-state index is -5.07. The van der Waals surface area contributed by atoms with Crippen molar-refractivity contribution in [2.45, 2.75) is 6.92 Å². The summed E-state index contributed by atoms with van der Waals surface area (Å²) < 4.78 is 45.7. The Labute approximate surface area is 117 Å². The number of rotatable bonds is 1. The average molecular weight is 236 g/mol. The van der Waals surface area contributed by atoms with Gasteiger partial charge in [0.1, 0.15) is 0 Å². The molecule has 0 aliphatic carbocycles. The topological polar surface area (TPSA) is 118 Å².